The molecule has 0 spiro atoms. The molecule has 7 nitrogen and oxygen atoms in total. The number of carbonyl (C=O) groups is 1. The van der Waals surface area contributed by atoms with Gasteiger partial charge in [0.25, 0.3) is 0 Å². The zero-order chi connectivity index (χ0) is 20.5. The van der Waals surface area contributed by atoms with Crippen LogP contribution in [0.4, 0.5) is 0 Å². The zero-order valence-electron chi connectivity index (χ0n) is 17.6. The highest BCUT2D eigenvalue weighted by Crippen LogP contribution is 2.42. The molecule has 0 bridgehead atoms. The first-order valence-electron chi connectivity index (χ1n) is 9.50. The second kappa shape index (κ2) is 8.57. The maximum atomic E-state index is 11.6. The monoisotopic (exact) mass is 386 g/mol. The van der Waals surface area contributed by atoms with E-state index >= 15 is 0 Å². The van der Waals surface area contributed by atoms with Gasteiger partial charge in [-0.05, 0) is 33.3 Å². The third-order valence-corrected chi connectivity index (χ3v) is 5.58. The number of carbonyl (C=O) groups excluding carboxylic acids is 1. The summed E-state index contributed by atoms with van der Waals surface area (Å²) in [5.41, 5.74) is 0.705. The first kappa shape index (κ1) is 22.3. The Balaban J connectivity index is 2.16. The van der Waals surface area contributed by atoms with E-state index in [1.54, 1.807) is 20.1 Å². The van der Waals surface area contributed by atoms with Gasteiger partial charge >= 0.3 is 5.97 Å². The lowest BCUT2D eigenvalue weighted by Crippen LogP contribution is -2.56. The van der Waals surface area contributed by atoms with Crippen molar-refractivity contribution in [3.8, 4) is 0 Å². The van der Waals surface area contributed by atoms with Crippen LogP contribution in [0.1, 0.15) is 41.5 Å². The Morgan fingerprint density at radius 3 is 2.41 bits per heavy atom. The molecule has 2 saturated heterocycles. The third-order valence-electron chi connectivity index (χ3n) is 5.58. The summed E-state index contributed by atoms with van der Waals surface area (Å²) in [5.74, 6) is -1.74. The van der Waals surface area contributed by atoms with E-state index in [4.69, 9.17) is 23.7 Å². The van der Waals surface area contributed by atoms with E-state index in [0.29, 0.717) is 5.57 Å². The Kier molecular flexibility index (Phi) is 7.08. The van der Waals surface area contributed by atoms with Crippen LogP contribution in [-0.2, 0) is 28.5 Å². The number of hydrogen-bond donors (Lipinski definition) is 1. The minimum Gasteiger partial charge on any atom is -0.469 e. The quantitative estimate of drug-likeness (QED) is 0.554. The third kappa shape index (κ3) is 4.71. The van der Waals surface area contributed by atoms with Gasteiger partial charge in [-0.2, -0.15) is 0 Å². The van der Waals surface area contributed by atoms with Gasteiger partial charge in [0, 0.05) is 18.9 Å². The van der Waals surface area contributed by atoms with Crippen molar-refractivity contribution in [3.05, 3.63) is 11.6 Å². The van der Waals surface area contributed by atoms with Gasteiger partial charge in [0.2, 0.25) is 0 Å². The molecule has 0 saturated carbocycles. The lowest BCUT2D eigenvalue weighted by atomic mass is 9.80. The zero-order valence-corrected chi connectivity index (χ0v) is 17.6. The average Bonchev–Trinajstić information content (AvgIpc) is 2.92. The van der Waals surface area contributed by atoms with Crippen LogP contribution in [0, 0.1) is 17.8 Å². The predicted octanol–water partition coefficient (Wildman–Crippen LogP) is 2.27. The van der Waals surface area contributed by atoms with Crippen molar-refractivity contribution < 1.29 is 33.6 Å². The van der Waals surface area contributed by atoms with Crippen LogP contribution in [0.5, 0.6) is 0 Å². The van der Waals surface area contributed by atoms with Gasteiger partial charge in [0.1, 0.15) is 6.10 Å². The summed E-state index contributed by atoms with van der Waals surface area (Å²) in [7, 11) is 3.00. The molecular formula is C20H34O7. The van der Waals surface area contributed by atoms with Crippen LogP contribution in [-0.4, -0.2) is 61.8 Å². The fraction of sp³-hybridized carbons (Fsp3) is 0.850. The Morgan fingerprint density at radius 2 is 1.85 bits per heavy atom. The molecule has 2 rings (SSSR count). The predicted molar refractivity (Wildman–Crippen MR) is 98.8 cm³/mol. The maximum absolute atomic E-state index is 11.6. The molecule has 1 N–H and O–H groups in total. The molecule has 7 heteroatoms. The van der Waals surface area contributed by atoms with Crippen molar-refractivity contribution in [2.24, 2.45) is 17.8 Å². The Hall–Kier alpha value is -0.990. The maximum Gasteiger partial charge on any atom is 0.312 e. The molecule has 156 valence electrons. The standard InChI is InChI=1S/C20H34O7/c1-10(9-11(2)18(22)24-8)14(21)12(3)15-13(4)16(23-7)17-19(25-15)27-20(5,6)26-17/h9,11-17,19,21H,1-8H3/b10-9+/t11-,12-,13-,14-,15-,16+,17-,19-/m1/s1. The summed E-state index contributed by atoms with van der Waals surface area (Å²) in [4.78, 5) is 11.6. The molecule has 27 heavy (non-hydrogen) atoms. The Morgan fingerprint density at radius 1 is 1.22 bits per heavy atom. The van der Waals surface area contributed by atoms with Gasteiger partial charge in [-0.15, -0.1) is 0 Å². The van der Waals surface area contributed by atoms with Crippen LogP contribution in [0.15, 0.2) is 11.6 Å². The van der Waals surface area contributed by atoms with Gasteiger partial charge in [0.15, 0.2) is 12.1 Å². The summed E-state index contributed by atoms with van der Waals surface area (Å²) in [6, 6.07) is 0. The van der Waals surface area contributed by atoms with Crippen molar-refractivity contribution in [3.63, 3.8) is 0 Å². The summed E-state index contributed by atoms with van der Waals surface area (Å²) < 4.78 is 28.5. The van der Waals surface area contributed by atoms with Crippen molar-refractivity contribution in [2.75, 3.05) is 14.2 Å². The molecule has 0 aliphatic carbocycles. The van der Waals surface area contributed by atoms with Crippen molar-refractivity contribution in [1.29, 1.82) is 0 Å². The highest BCUT2D eigenvalue weighted by atomic mass is 16.8. The normalized spacial score (nSPS) is 36.6. The number of hydrogen-bond acceptors (Lipinski definition) is 7. The fourth-order valence-corrected chi connectivity index (χ4v) is 4.14. The molecule has 0 radical (unpaired) electrons. The molecular weight excluding hydrogens is 352 g/mol. The number of esters is 1. The largest absolute Gasteiger partial charge is 0.469 e. The van der Waals surface area contributed by atoms with E-state index in [1.807, 2.05) is 34.6 Å². The van der Waals surface area contributed by atoms with E-state index in [2.05, 4.69) is 0 Å². The molecule has 0 unspecified atom stereocenters. The topological polar surface area (TPSA) is 83.5 Å². The van der Waals surface area contributed by atoms with Crippen molar-refractivity contribution in [2.45, 2.75) is 78.0 Å². The lowest BCUT2D eigenvalue weighted by Gasteiger charge is -2.44. The first-order valence-corrected chi connectivity index (χ1v) is 9.50. The highest BCUT2D eigenvalue weighted by molar-refractivity contribution is 5.73. The molecule has 0 aromatic rings. The number of aliphatic hydroxyl groups is 1. The van der Waals surface area contributed by atoms with Crippen LogP contribution < -0.4 is 0 Å². The fourth-order valence-electron chi connectivity index (χ4n) is 4.14. The Bertz CT molecular complexity index is 559. The van der Waals surface area contributed by atoms with Gasteiger partial charge in [-0.25, -0.2) is 0 Å². The number of methoxy groups -OCH3 is 2. The summed E-state index contributed by atoms with van der Waals surface area (Å²) in [6.07, 6.45) is -0.386. The van der Waals surface area contributed by atoms with Crippen molar-refractivity contribution in [1.82, 2.24) is 0 Å². The minimum absolute atomic E-state index is 0.00997. The molecule has 2 aliphatic heterocycles. The van der Waals surface area contributed by atoms with Crippen LogP contribution in [0.25, 0.3) is 0 Å². The lowest BCUT2D eigenvalue weighted by molar-refractivity contribution is -0.252. The van der Waals surface area contributed by atoms with Gasteiger partial charge in [-0.1, -0.05) is 19.9 Å². The minimum atomic E-state index is -0.769. The SMILES string of the molecule is COC(=O)[C@H](C)/C=C(\C)[C@@H](O)[C@@H](C)[C@H]1O[C@@H]2OC(C)(C)O[C@@H]2[C@@H](OC)[C@@H]1C. The first-order chi connectivity index (χ1) is 12.5. The van der Waals surface area contributed by atoms with Crippen LogP contribution >= 0.6 is 0 Å². The number of rotatable bonds is 6. The molecule has 2 aliphatic rings. The van der Waals surface area contributed by atoms with E-state index in [1.165, 1.54) is 7.11 Å². The Labute approximate surface area is 161 Å². The molecule has 8 atom stereocenters. The van der Waals surface area contributed by atoms with E-state index in [0.717, 1.165) is 0 Å². The molecule has 2 heterocycles. The van der Waals surface area contributed by atoms with Crippen molar-refractivity contribution >= 4 is 5.97 Å². The van der Waals surface area contributed by atoms with Gasteiger partial charge in [0.05, 0.1) is 31.3 Å². The van der Waals surface area contributed by atoms with Crippen LogP contribution in [0.3, 0.4) is 0 Å². The second-order valence-corrected chi connectivity index (χ2v) is 8.16. The molecule has 0 aromatic carbocycles. The van der Waals surface area contributed by atoms with Gasteiger partial charge < -0.3 is 28.8 Å². The summed E-state index contributed by atoms with van der Waals surface area (Å²) in [5, 5.41) is 10.8. The van der Waals surface area contributed by atoms with E-state index < -0.39 is 24.1 Å². The number of aliphatic hydroxyl groups excluding tert-OH is 1. The van der Waals surface area contributed by atoms with Gasteiger partial charge in [-0.3, -0.25) is 4.79 Å². The average molecular weight is 386 g/mol. The molecule has 0 aromatic heterocycles. The number of ether oxygens (including phenoxy) is 5. The van der Waals surface area contributed by atoms with Crippen LogP contribution in [0.2, 0.25) is 0 Å². The molecule has 0 amide bonds. The highest BCUT2D eigenvalue weighted by Gasteiger charge is 2.54. The van der Waals surface area contributed by atoms with E-state index in [9.17, 15) is 9.90 Å². The number of fused-ring (bicyclic) bond motifs is 1. The molecule has 2 fully saturated rings. The second-order valence-electron chi connectivity index (χ2n) is 8.16. The summed E-state index contributed by atoms with van der Waals surface area (Å²) in [6.45, 7) is 11.2. The van der Waals surface area contributed by atoms with E-state index in [-0.39, 0.29) is 36.1 Å². The summed E-state index contributed by atoms with van der Waals surface area (Å²) >= 11 is 0. The smallest absolute Gasteiger partial charge is 0.312 e.